The van der Waals surface area contributed by atoms with Gasteiger partial charge in [-0.3, -0.25) is 4.79 Å². The maximum absolute atomic E-state index is 11.6. The van der Waals surface area contributed by atoms with Gasteiger partial charge in [-0.2, -0.15) is 0 Å². The number of allylic oxidation sites excluding steroid dienone is 1. The summed E-state index contributed by atoms with van der Waals surface area (Å²) in [5.74, 6) is 3.74. The van der Waals surface area contributed by atoms with E-state index in [0.29, 0.717) is 12.8 Å². The predicted molar refractivity (Wildman–Crippen MR) is 111 cm³/mol. The molecule has 0 radical (unpaired) electrons. The molecular weight excluding hydrogens is 364 g/mol. The molecular formula is C21H22O3S2. The number of carbonyl (C=O) groups excluding carboxylic acids is 1. The van der Waals surface area contributed by atoms with Gasteiger partial charge in [0.1, 0.15) is 11.5 Å². The normalized spacial score (nSPS) is 14.0. The van der Waals surface area contributed by atoms with Crippen LogP contribution in [-0.2, 0) is 9.53 Å². The molecule has 0 aromatic heterocycles. The summed E-state index contributed by atoms with van der Waals surface area (Å²) in [6, 6.07) is 17.9. The highest BCUT2D eigenvalue weighted by Gasteiger charge is 2.16. The molecule has 2 aromatic carbocycles. The number of thioether (sulfide) groups is 2. The molecule has 0 atom stereocenters. The van der Waals surface area contributed by atoms with Crippen LogP contribution in [0.4, 0.5) is 0 Å². The fourth-order valence-corrected chi connectivity index (χ4v) is 5.40. The first-order chi connectivity index (χ1) is 12.8. The summed E-state index contributed by atoms with van der Waals surface area (Å²) in [5.41, 5.74) is 2.38. The highest BCUT2D eigenvalue weighted by molar-refractivity contribution is 8.23. The molecule has 0 spiro atoms. The van der Waals surface area contributed by atoms with E-state index in [9.17, 15) is 4.79 Å². The minimum atomic E-state index is -0.169. The van der Waals surface area contributed by atoms with E-state index in [1.807, 2.05) is 66.0 Å². The maximum atomic E-state index is 11.6. The van der Waals surface area contributed by atoms with Crippen molar-refractivity contribution < 1.29 is 14.3 Å². The van der Waals surface area contributed by atoms with Gasteiger partial charge >= 0.3 is 5.97 Å². The first-order valence-corrected chi connectivity index (χ1v) is 10.6. The summed E-state index contributed by atoms with van der Waals surface area (Å²) < 4.78 is 12.0. The molecule has 136 valence electrons. The third-order valence-corrected chi connectivity index (χ3v) is 6.70. The molecule has 1 fully saturated rings. The van der Waals surface area contributed by atoms with Gasteiger partial charge in [0.05, 0.1) is 7.11 Å². The van der Waals surface area contributed by atoms with Crippen LogP contribution in [-0.4, -0.2) is 24.6 Å². The fourth-order valence-electron chi connectivity index (χ4n) is 2.65. The molecule has 26 heavy (non-hydrogen) atoms. The lowest BCUT2D eigenvalue weighted by Gasteiger charge is -2.19. The summed E-state index contributed by atoms with van der Waals surface area (Å²) in [6.45, 7) is 0. The van der Waals surface area contributed by atoms with Gasteiger partial charge in [-0.25, -0.2) is 0 Å². The number of benzene rings is 2. The molecule has 3 nitrogen and oxygen atoms in total. The highest BCUT2D eigenvalue weighted by Crippen LogP contribution is 2.42. The second-order valence-corrected chi connectivity index (χ2v) is 8.30. The molecule has 3 rings (SSSR count). The molecule has 1 aliphatic heterocycles. The van der Waals surface area contributed by atoms with Crippen molar-refractivity contribution in [3.63, 3.8) is 0 Å². The Morgan fingerprint density at radius 2 is 1.58 bits per heavy atom. The number of esters is 1. The molecule has 0 amide bonds. The van der Waals surface area contributed by atoms with Gasteiger partial charge in [-0.1, -0.05) is 30.3 Å². The molecule has 5 heteroatoms. The van der Waals surface area contributed by atoms with Crippen LogP contribution in [0.1, 0.15) is 24.8 Å². The van der Waals surface area contributed by atoms with E-state index in [0.717, 1.165) is 28.6 Å². The van der Waals surface area contributed by atoms with Crippen LogP contribution >= 0.6 is 23.5 Å². The second-order valence-electron chi connectivity index (χ2n) is 5.83. The fraction of sp³-hybridized carbons (Fsp3) is 0.286. The Kier molecular flexibility index (Phi) is 7.09. The van der Waals surface area contributed by atoms with Gasteiger partial charge in [-0.15, -0.1) is 23.5 Å². The average Bonchev–Trinajstić information content (AvgIpc) is 2.71. The average molecular weight is 387 g/mol. The molecule has 1 heterocycles. The zero-order valence-corrected chi connectivity index (χ0v) is 16.4. The van der Waals surface area contributed by atoms with E-state index in [1.54, 1.807) is 0 Å². The van der Waals surface area contributed by atoms with E-state index in [-0.39, 0.29) is 5.97 Å². The Bertz CT molecular complexity index is 747. The molecule has 0 aliphatic carbocycles. The lowest BCUT2D eigenvalue weighted by atomic mass is 10.0. The van der Waals surface area contributed by atoms with Gasteiger partial charge in [0.2, 0.25) is 0 Å². The quantitative estimate of drug-likeness (QED) is 0.572. The number of hydrogen-bond donors (Lipinski definition) is 0. The summed E-state index contributed by atoms with van der Waals surface area (Å²) in [7, 11) is 1.44. The van der Waals surface area contributed by atoms with Gasteiger partial charge in [0, 0.05) is 10.7 Å². The number of ether oxygens (including phenoxy) is 2. The first-order valence-electron chi connectivity index (χ1n) is 8.65. The minimum absolute atomic E-state index is 0.169. The molecule has 0 unspecified atom stereocenters. The van der Waals surface area contributed by atoms with Crippen molar-refractivity contribution in [2.24, 2.45) is 0 Å². The van der Waals surface area contributed by atoms with Crippen LogP contribution in [0.3, 0.4) is 0 Å². The summed E-state index contributed by atoms with van der Waals surface area (Å²) in [6.07, 6.45) is 2.33. The molecule has 0 N–H and O–H groups in total. The van der Waals surface area contributed by atoms with Crippen LogP contribution in [0.25, 0.3) is 5.57 Å². The Labute approximate surface area is 163 Å². The number of methoxy groups -OCH3 is 1. The number of rotatable bonds is 6. The monoisotopic (exact) mass is 386 g/mol. The smallest absolute Gasteiger partial charge is 0.305 e. The SMILES string of the molecule is COC(=O)CCC(=C1SCCCS1)c1ccc(Oc2ccccc2)cc1. The van der Waals surface area contributed by atoms with Crippen molar-refractivity contribution in [1.82, 2.24) is 0 Å². The summed E-state index contributed by atoms with van der Waals surface area (Å²) in [5, 5.41) is 0. The third-order valence-electron chi connectivity index (χ3n) is 3.99. The molecule has 1 aliphatic rings. The maximum Gasteiger partial charge on any atom is 0.305 e. The molecule has 1 saturated heterocycles. The van der Waals surface area contributed by atoms with Crippen molar-refractivity contribution in [2.75, 3.05) is 18.6 Å². The molecule has 2 aromatic rings. The van der Waals surface area contributed by atoms with Crippen molar-refractivity contribution >= 4 is 35.1 Å². The van der Waals surface area contributed by atoms with Gasteiger partial charge in [0.25, 0.3) is 0 Å². The van der Waals surface area contributed by atoms with Crippen LogP contribution in [0.5, 0.6) is 11.5 Å². The number of hydrogen-bond acceptors (Lipinski definition) is 5. The van der Waals surface area contributed by atoms with Crippen molar-refractivity contribution in [3.05, 3.63) is 64.4 Å². The standard InChI is InChI=1S/C21H22O3S2/c1-23-20(22)13-12-19(21-25-14-5-15-26-21)16-8-10-18(11-9-16)24-17-6-3-2-4-7-17/h2-4,6-11H,5,12-15H2,1H3. The van der Waals surface area contributed by atoms with E-state index in [1.165, 1.54) is 23.3 Å². The largest absolute Gasteiger partial charge is 0.469 e. The zero-order chi connectivity index (χ0) is 18.2. The van der Waals surface area contributed by atoms with Crippen LogP contribution in [0, 0.1) is 0 Å². The lowest BCUT2D eigenvalue weighted by Crippen LogP contribution is -2.02. The summed E-state index contributed by atoms with van der Waals surface area (Å²) >= 11 is 3.78. The third kappa shape index (κ3) is 5.32. The van der Waals surface area contributed by atoms with E-state index in [2.05, 4.69) is 12.1 Å². The number of para-hydroxylation sites is 1. The van der Waals surface area contributed by atoms with Crippen LogP contribution < -0.4 is 4.74 Å². The van der Waals surface area contributed by atoms with E-state index < -0.39 is 0 Å². The Morgan fingerprint density at radius 3 is 2.23 bits per heavy atom. The molecule has 0 saturated carbocycles. The lowest BCUT2D eigenvalue weighted by molar-refractivity contribution is -0.140. The highest BCUT2D eigenvalue weighted by atomic mass is 32.2. The van der Waals surface area contributed by atoms with E-state index >= 15 is 0 Å². The number of carbonyl (C=O) groups is 1. The van der Waals surface area contributed by atoms with Crippen LogP contribution in [0.15, 0.2) is 58.8 Å². The van der Waals surface area contributed by atoms with Gasteiger partial charge in [-0.05, 0) is 59.7 Å². The second kappa shape index (κ2) is 9.74. The van der Waals surface area contributed by atoms with Gasteiger partial charge in [0.15, 0.2) is 0 Å². The Hall–Kier alpha value is -1.85. The van der Waals surface area contributed by atoms with Gasteiger partial charge < -0.3 is 9.47 Å². The predicted octanol–water partition coefficient (Wildman–Crippen LogP) is 5.97. The minimum Gasteiger partial charge on any atom is -0.469 e. The molecule has 0 bridgehead atoms. The Morgan fingerprint density at radius 1 is 0.923 bits per heavy atom. The van der Waals surface area contributed by atoms with Crippen LogP contribution in [0.2, 0.25) is 0 Å². The Balaban J connectivity index is 1.78. The summed E-state index contributed by atoms with van der Waals surface area (Å²) in [4.78, 5) is 11.6. The van der Waals surface area contributed by atoms with Crippen molar-refractivity contribution in [2.45, 2.75) is 19.3 Å². The van der Waals surface area contributed by atoms with Crippen molar-refractivity contribution in [3.8, 4) is 11.5 Å². The van der Waals surface area contributed by atoms with E-state index in [4.69, 9.17) is 9.47 Å². The van der Waals surface area contributed by atoms with Crippen molar-refractivity contribution in [1.29, 1.82) is 0 Å². The topological polar surface area (TPSA) is 35.5 Å². The zero-order valence-electron chi connectivity index (χ0n) is 14.8. The first kappa shape index (κ1) is 18.9.